The fourth-order valence-corrected chi connectivity index (χ4v) is 2.83. The summed E-state index contributed by atoms with van der Waals surface area (Å²) >= 11 is 0. The quantitative estimate of drug-likeness (QED) is 0.202. The van der Waals surface area contributed by atoms with Gasteiger partial charge in [0.2, 0.25) is 5.91 Å². The van der Waals surface area contributed by atoms with Gasteiger partial charge in [0.15, 0.2) is 5.96 Å². The van der Waals surface area contributed by atoms with Gasteiger partial charge in [0.1, 0.15) is 5.75 Å². The van der Waals surface area contributed by atoms with Crippen LogP contribution >= 0.6 is 0 Å². The Morgan fingerprint density at radius 1 is 1.13 bits per heavy atom. The second-order valence-corrected chi connectivity index (χ2v) is 6.79. The summed E-state index contributed by atoms with van der Waals surface area (Å²) in [6.07, 6.45) is 4.22. The van der Waals surface area contributed by atoms with Crippen molar-refractivity contribution in [2.75, 3.05) is 11.9 Å². The Morgan fingerprint density at radius 3 is 2.30 bits per heavy atom. The number of carbonyl (C=O) groups excluding carboxylic acids is 2. The summed E-state index contributed by atoms with van der Waals surface area (Å²) in [5.41, 5.74) is 7.10. The first kappa shape index (κ1) is 22.7. The van der Waals surface area contributed by atoms with Gasteiger partial charge >= 0.3 is 5.97 Å². The molecule has 2 aromatic rings. The molecule has 0 aliphatic carbocycles. The van der Waals surface area contributed by atoms with E-state index >= 15 is 0 Å². The summed E-state index contributed by atoms with van der Waals surface area (Å²) < 4.78 is 5.38. The van der Waals surface area contributed by atoms with Crippen molar-refractivity contribution in [1.82, 2.24) is 4.90 Å². The number of nitrogens with one attached hydrogen (secondary N) is 2. The highest BCUT2D eigenvalue weighted by molar-refractivity contribution is 5.94. The van der Waals surface area contributed by atoms with Crippen molar-refractivity contribution in [3.05, 3.63) is 65.7 Å². The maximum Gasteiger partial charge on any atom is 0.343 e. The van der Waals surface area contributed by atoms with Crippen LogP contribution in [0.3, 0.4) is 0 Å². The Hall–Kier alpha value is -3.61. The molecule has 1 amide bonds. The Balaban J connectivity index is 1.97. The lowest BCUT2D eigenvalue weighted by Crippen LogP contribution is -2.36. The molecule has 7 nitrogen and oxygen atoms in total. The van der Waals surface area contributed by atoms with E-state index in [4.69, 9.17) is 15.9 Å². The van der Waals surface area contributed by atoms with Gasteiger partial charge in [-0.15, -0.1) is 0 Å². The molecule has 0 saturated heterocycles. The molecule has 0 fully saturated rings. The molecule has 1 unspecified atom stereocenters. The zero-order valence-electron chi connectivity index (χ0n) is 17.5. The molecule has 4 N–H and O–H groups in total. The first-order chi connectivity index (χ1) is 14.3. The number of carbonyl (C=O) groups is 2. The molecule has 30 heavy (non-hydrogen) atoms. The highest BCUT2D eigenvalue weighted by atomic mass is 16.5. The lowest BCUT2D eigenvalue weighted by atomic mass is 10.1. The molecule has 0 spiro atoms. The Bertz CT molecular complexity index is 905. The topological polar surface area (TPSA) is 109 Å². The molecule has 0 aliphatic rings. The highest BCUT2D eigenvalue weighted by Crippen LogP contribution is 2.17. The van der Waals surface area contributed by atoms with Crippen LogP contribution in [0, 0.1) is 5.41 Å². The minimum absolute atomic E-state index is 0.0231. The molecule has 7 heteroatoms. The largest absolute Gasteiger partial charge is 0.423 e. The first-order valence-electron chi connectivity index (χ1n) is 9.86. The molecular formula is C23H28N4O3. The van der Waals surface area contributed by atoms with E-state index in [-0.39, 0.29) is 17.9 Å². The van der Waals surface area contributed by atoms with Crippen LogP contribution in [0.15, 0.2) is 54.6 Å². The predicted molar refractivity (Wildman–Crippen MR) is 120 cm³/mol. The minimum atomic E-state index is -0.491. The van der Waals surface area contributed by atoms with Crippen LogP contribution in [0.5, 0.6) is 5.75 Å². The fraction of sp³-hybridized carbons (Fsp3) is 0.261. The van der Waals surface area contributed by atoms with Crippen molar-refractivity contribution >= 4 is 29.6 Å². The van der Waals surface area contributed by atoms with Crippen molar-refractivity contribution in [2.24, 2.45) is 5.73 Å². The number of nitrogens with two attached hydrogens (primary N) is 1. The van der Waals surface area contributed by atoms with E-state index in [0.29, 0.717) is 23.5 Å². The molecule has 0 bridgehead atoms. The second-order valence-electron chi connectivity index (χ2n) is 6.79. The number of rotatable bonds is 8. The third-order valence-corrected chi connectivity index (χ3v) is 4.66. The SMILES string of the molecule is CCC(C)N(CC)C(=O)C=Cc1ccc(OC(=O)c2ccc(NC(=N)N)cc2)cc1. The average molecular weight is 409 g/mol. The van der Waals surface area contributed by atoms with E-state index in [1.165, 1.54) is 0 Å². The second kappa shape index (κ2) is 10.8. The zero-order chi connectivity index (χ0) is 22.1. The van der Waals surface area contributed by atoms with E-state index in [1.54, 1.807) is 60.7 Å². The first-order valence-corrected chi connectivity index (χ1v) is 9.86. The van der Waals surface area contributed by atoms with Crippen molar-refractivity contribution in [1.29, 1.82) is 5.41 Å². The van der Waals surface area contributed by atoms with Gasteiger partial charge in [0.25, 0.3) is 0 Å². The van der Waals surface area contributed by atoms with Gasteiger partial charge in [-0.3, -0.25) is 10.2 Å². The number of hydrogen-bond donors (Lipinski definition) is 3. The number of benzene rings is 2. The highest BCUT2D eigenvalue weighted by Gasteiger charge is 2.14. The standard InChI is InChI=1S/C23H28N4O3/c1-4-16(3)27(5-2)21(28)15-8-17-6-13-20(14-7-17)30-22(29)18-9-11-19(12-10-18)26-23(24)25/h6-16H,4-5H2,1-3H3,(H4,24,25,26). The molecule has 2 aromatic carbocycles. The van der Waals surface area contributed by atoms with Crippen LogP contribution in [-0.2, 0) is 4.79 Å². The molecule has 0 heterocycles. The van der Waals surface area contributed by atoms with E-state index in [1.807, 2.05) is 18.7 Å². The maximum absolute atomic E-state index is 12.3. The van der Waals surface area contributed by atoms with Crippen LogP contribution in [0.2, 0.25) is 0 Å². The van der Waals surface area contributed by atoms with Gasteiger partial charge in [-0.25, -0.2) is 4.79 Å². The monoisotopic (exact) mass is 408 g/mol. The van der Waals surface area contributed by atoms with Crippen LogP contribution in [-0.4, -0.2) is 35.3 Å². The van der Waals surface area contributed by atoms with E-state index in [9.17, 15) is 9.59 Å². The number of hydrogen-bond acceptors (Lipinski definition) is 4. The van der Waals surface area contributed by atoms with Gasteiger partial charge in [-0.2, -0.15) is 0 Å². The number of guanidine groups is 1. The molecular weight excluding hydrogens is 380 g/mol. The summed E-state index contributed by atoms with van der Waals surface area (Å²) in [7, 11) is 0. The van der Waals surface area contributed by atoms with Gasteiger partial charge in [0.05, 0.1) is 5.56 Å². The smallest absolute Gasteiger partial charge is 0.343 e. The van der Waals surface area contributed by atoms with Gasteiger partial charge in [-0.1, -0.05) is 19.1 Å². The Morgan fingerprint density at radius 2 is 1.77 bits per heavy atom. The Labute approximate surface area is 177 Å². The predicted octanol–water partition coefficient (Wildman–Crippen LogP) is 3.87. The van der Waals surface area contributed by atoms with Gasteiger partial charge in [-0.05, 0) is 68.3 Å². The summed E-state index contributed by atoms with van der Waals surface area (Å²) in [5.74, 6) is -0.285. The van der Waals surface area contributed by atoms with Crippen LogP contribution in [0.25, 0.3) is 6.08 Å². The molecule has 0 saturated carbocycles. The normalized spacial score (nSPS) is 11.7. The average Bonchev–Trinajstić information content (AvgIpc) is 2.73. The van der Waals surface area contributed by atoms with Crippen molar-refractivity contribution < 1.29 is 14.3 Å². The van der Waals surface area contributed by atoms with Crippen LogP contribution < -0.4 is 15.8 Å². The molecule has 158 valence electrons. The van der Waals surface area contributed by atoms with Crippen LogP contribution in [0.1, 0.15) is 43.1 Å². The number of esters is 1. The maximum atomic E-state index is 12.3. The fourth-order valence-electron chi connectivity index (χ4n) is 2.83. The number of nitrogens with zero attached hydrogens (tertiary/aromatic N) is 1. The molecule has 0 aromatic heterocycles. The van der Waals surface area contributed by atoms with E-state index < -0.39 is 5.97 Å². The summed E-state index contributed by atoms with van der Waals surface area (Å²) in [6, 6.07) is 13.6. The summed E-state index contributed by atoms with van der Waals surface area (Å²) in [4.78, 5) is 26.4. The third kappa shape index (κ3) is 6.48. The van der Waals surface area contributed by atoms with Crippen molar-refractivity contribution in [3.8, 4) is 5.75 Å². The molecule has 1 atom stereocenters. The minimum Gasteiger partial charge on any atom is -0.423 e. The van der Waals surface area contributed by atoms with Crippen LogP contribution in [0.4, 0.5) is 5.69 Å². The van der Waals surface area contributed by atoms with E-state index in [0.717, 1.165) is 12.0 Å². The molecule has 2 rings (SSSR count). The van der Waals surface area contributed by atoms with Gasteiger partial charge in [0, 0.05) is 24.4 Å². The summed E-state index contributed by atoms with van der Waals surface area (Å²) in [6.45, 7) is 6.72. The number of ether oxygens (including phenoxy) is 1. The Kier molecular flexibility index (Phi) is 8.17. The van der Waals surface area contributed by atoms with E-state index in [2.05, 4.69) is 12.2 Å². The van der Waals surface area contributed by atoms with Crippen molar-refractivity contribution in [3.63, 3.8) is 0 Å². The number of likely N-dealkylation sites (N-methyl/N-ethyl adjacent to an activating group) is 1. The molecule has 0 aliphatic heterocycles. The summed E-state index contributed by atoms with van der Waals surface area (Å²) in [5, 5.41) is 9.84. The third-order valence-electron chi connectivity index (χ3n) is 4.66. The van der Waals surface area contributed by atoms with Crippen molar-refractivity contribution in [2.45, 2.75) is 33.2 Å². The zero-order valence-corrected chi connectivity index (χ0v) is 17.5. The lowest BCUT2D eigenvalue weighted by Gasteiger charge is -2.25. The lowest BCUT2D eigenvalue weighted by molar-refractivity contribution is -0.127. The van der Waals surface area contributed by atoms with Gasteiger partial charge < -0.3 is 20.7 Å². The number of anilines is 1. The number of amides is 1. The molecule has 0 radical (unpaired) electrons.